The van der Waals surface area contributed by atoms with Gasteiger partial charge >= 0.3 is 124 Å². The minimum absolute atomic E-state index is 0. The number of hydrazone groups is 2. The predicted octanol–water partition coefficient (Wildman–Crippen LogP) is -9.35. The molecule has 65 heavy (non-hydrogen) atoms. The van der Waals surface area contributed by atoms with E-state index in [2.05, 4.69) is 31.7 Å². The van der Waals surface area contributed by atoms with Gasteiger partial charge < -0.3 is 33.6 Å². The Bertz CT molecular complexity index is 3170. The number of hydrogen-bond donors (Lipinski definition) is 4. The number of Topliss-reactive ketones (excluding diaryl/α,β-unsaturated/α-hetero) is 2. The molecule has 318 valence electrons. The average molecular weight is 1000 g/mol. The van der Waals surface area contributed by atoms with Gasteiger partial charge in [0.1, 0.15) is 57.6 Å². The number of carbonyl (C=O) groups excluding carboxylic acids is 3. The number of allylic oxidation sites excluding steroid dienone is 2. The minimum atomic E-state index is -5.40. The van der Waals surface area contributed by atoms with Gasteiger partial charge in [-0.15, -0.1) is 0 Å². The van der Waals surface area contributed by atoms with E-state index < -0.39 is 89.1 Å². The first-order chi connectivity index (χ1) is 28.4. The smallest absolute Gasteiger partial charge is 0.744 e. The fourth-order valence-corrected chi connectivity index (χ4v) is 8.11. The summed E-state index contributed by atoms with van der Waals surface area (Å²) < 4.78 is 147. The van der Waals surface area contributed by atoms with Gasteiger partial charge in [0.05, 0.1) is 37.6 Å². The van der Waals surface area contributed by atoms with Crippen LogP contribution in [0.3, 0.4) is 0 Å². The number of urea groups is 1. The quantitative estimate of drug-likeness (QED) is 0.0582. The van der Waals surface area contributed by atoms with E-state index in [9.17, 15) is 66.3 Å². The molecule has 0 unspecified atom stereocenters. The van der Waals surface area contributed by atoms with Gasteiger partial charge in [0.15, 0.2) is 0 Å². The third-order valence-corrected chi connectivity index (χ3v) is 11.8. The molecule has 6 rings (SSSR count). The number of rotatable bonds is 12. The van der Waals surface area contributed by atoms with E-state index in [1.165, 1.54) is 30.3 Å². The van der Waals surface area contributed by atoms with E-state index >= 15 is 0 Å². The second-order valence-corrected chi connectivity index (χ2v) is 17.9. The first kappa shape index (κ1) is 58.5. The van der Waals surface area contributed by atoms with Crippen molar-refractivity contribution in [2.45, 2.75) is 16.7 Å². The SMILES string of the molecule is CCOc1ccc(N/N=C2/C(=O)c3ccc(NC(=O)Nc4ccc5c(c4)C=C(S(=O)(=O)[O-])/C(=N\Nc4ccc(S(=O)(=O)[O-])cc4)C5=O)cc3C=C2S(=O)(=O)[O-])cc1S(=O)(=O)[O-].[Na+].[Na+].[Na+].[Na+]. The van der Waals surface area contributed by atoms with Crippen LogP contribution in [0.15, 0.2) is 109 Å². The van der Waals surface area contributed by atoms with Gasteiger partial charge in [-0.25, -0.2) is 38.5 Å². The summed E-state index contributed by atoms with van der Waals surface area (Å²) in [6, 6.07) is 13.4. The van der Waals surface area contributed by atoms with Gasteiger partial charge in [0, 0.05) is 22.5 Å². The van der Waals surface area contributed by atoms with Crippen molar-refractivity contribution in [3.05, 3.63) is 111 Å². The number of fused-ring (bicyclic) bond motifs is 2. The van der Waals surface area contributed by atoms with Crippen molar-refractivity contribution < 1.29 is 189 Å². The molecular weight excluding hydrogens is 981 g/mol. The van der Waals surface area contributed by atoms with Crippen molar-refractivity contribution in [3.8, 4) is 5.75 Å². The van der Waals surface area contributed by atoms with Crippen molar-refractivity contribution in [2.24, 2.45) is 10.2 Å². The summed E-state index contributed by atoms with van der Waals surface area (Å²) in [7, 11) is -20.6. The van der Waals surface area contributed by atoms with Crippen LogP contribution in [0.1, 0.15) is 38.8 Å². The molecule has 0 heterocycles. The number of ether oxygens (including phenoxy) is 1. The van der Waals surface area contributed by atoms with Crippen molar-refractivity contribution in [2.75, 3.05) is 28.1 Å². The molecule has 4 aromatic carbocycles. The van der Waals surface area contributed by atoms with Crippen LogP contribution >= 0.6 is 0 Å². The third kappa shape index (κ3) is 14.2. The molecular formula is C35H24N6Na4O16S4. The van der Waals surface area contributed by atoms with E-state index in [1.807, 2.05) is 0 Å². The number of benzene rings is 4. The largest absolute Gasteiger partial charge is 1.00 e. The first-order valence-corrected chi connectivity index (χ1v) is 22.3. The van der Waals surface area contributed by atoms with Crippen LogP contribution in [0.5, 0.6) is 5.75 Å². The normalized spacial score (nSPS) is 14.7. The number of nitrogens with zero attached hydrogens (tertiary/aromatic N) is 2. The molecule has 0 saturated carbocycles. The maximum absolute atomic E-state index is 13.4. The zero-order valence-electron chi connectivity index (χ0n) is 34.4. The van der Waals surface area contributed by atoms with Crippen LogP contribution in [0.2, 0.25) is 0 Å². The molecule has 4 N–H and O–H groups in total. The Morgan fingerprint density at radius 1 is 0.554 bits per heavy atom. The number of ketones is 2. The van der Waals surface area contributed by atoms with Gasteiger partial charge in [-0.05, 0) is 109 Å². The number of amides is 2. The number of hydrogen-bond acceptors (Lipinski definition) is 20. The summed E-state index contributed by atoms with van der Waals surface area (Å²) in [6.45, 7) is 1.56. The van der Waals surface area contributed by atoms with Crippen LogP contribution in [-0.2, 0) is 40.5 Å². The fourth-order valence-electron chi connectivity index (χ4n) is 5.70. The van der Waals surface area contributed by atoms with Crippen molar-refractivity contribution in [1.29, 1.82) is 0 Å². The molecule has 0 bridgehead atoms. The monoisotopic (exact) mass is 1000 g/mol. The average Bonchev–Trinajstić information content (AvgIpc) is 3.16. The molecule has 22 nitrogen and oxygen atoms in total. The molecule has 30 heteroatoms. The van der Waals surface area contributed by atoms with Crippen LogP contribution in [-0.4, -0.2) is 87.5 Å². The Morgan fingerprint density at radius 3 is 1.37 bits per heavy atom. The van der Waals surface area contributed by atoms with E-state index in [0.29, 0.717) is 0 Å². The second kappa shape index (κ2) is 23.1. The molecule has 0 spiro atoms. The molecule has 2 aliphatic carbocycles. The number of anilines is 4. The van der Waals surface area contributed by atoms with E-state index in [1.54, 1.807) is 6.92 Å². The molecule has 0 radical (unpaired) electrons. The van der Waals surface area contributed by atoms with Crippen molar-refractivity contribution in [3.63, 3.8) is 0 Å². The summed E-state index contributed by atoms with van der Waals surface area (Å²) >= 11 is 0. The van der Waals surface area contributed by atoms with Crippen LogP contribution in [0, 0.1) is 0 Å². The molecule has 2 aliphatic rings. The zero-order valence-corrected chi connectivity index (χ0v) is 45.7. The fraction of sp³-hybridized carbons (Fsp3) is 0.0571. The predicted molar refractivity (Wildman–Crippen MR) is 212 cm³/mol. The summed E-state index contributed by atoms with van der Waals surface area (Å²) in [5.74, 6) is -2.36. The molecule has 0 fully saturated rings. The maximum Gasteiger partial charge on any atom is 1.00 e. The van der Waals surface area contributed by atoms with Gasteiger partial charge in [-0.2, -0.15) is 10.2 Å². The van der Waals surface area contributed by atoms with Crippen molar-refractivity contribution in [1.82, 2.24) is 0 Å². The number of carbonyl (C=O) groups is 3. The Hall–Kier alpha value is -2.65. The molecule has 0 saturated heterocycles. The molecule has 0 atom stereocenters. The van der Waals surface area contributed by atoms with Gasteiger partial charge in [-0.1, -0.05) is 0 Å². The van der Waals surface area contributed by atoms with Gasteiger partial charge in [0.25, 0.3) is 0 Å². The molecule has 0 aromatic heterocycles. The number of nitrogens with one attached hydrogen (secondary N) is 4. The Kier molecular flexibility index (Phi) is 20.8. The Balaban J connectivity index is 0.00000363. The van der Waals surface area contributed by atoms with Crippen LogP contribution in [0.4, 0.5) is 27.5 Å². The molecule has 2 amide bonds. The molecule has 0 aliphatic heterocycles. The third-order valence-electron chi connectivity index (χ3n) is 8.37. The van der Waals surface area contributed by atoms with E-state index in [0.717, 1.165) is 60.7 Å². The second-order valence-electron chi connectivity index (χ2n) is 12.4. The Morgan fingerprint density at radius 2 is 0.969 bits per heavy atom. The van der Waals surface area contributed by atoms with E-state index in [-0.39, 0.29) is 176 Å². The summed E-state index contributed by atoms with van der Waals surface area (Å²) in [6.07, 6.45) is 1.65. The van der Waals surface area contributed by atoms with Crippen LogP contribution in [0.25, 0.3) is 12.2 Å². The minimum Gasteiger partial charge on any atom is -0.744 e. The van der Waals surface area contributed by atoms with Gasteiger partial charge in [0.2, 0.25) is 11.6 Å². The van der Waals surface area contributed by atoms with Gasteiger partial charge in [-0.3, -0.25) is 20.4 Å². The van der Waals surface area contributed by atoms with E-state index in [4.69, 9.17) is 4.74 Å². The maximum atomic E-state index is 13.4. The van der Waals surface area contributed by atoms with Crippen molar-refractivity contribution >= 4 is 104 Å². The Labute approximate surface area is 459 Å². The summed E-state index contributed by atoms with van der Waals surface area (Å²) in [5.41, 5.74) is 2.11. The topological polar surface area (TPSA) is 362 Å². The first-order valence-electron chi connectivity index (χ1n) is 16.7. The summed E-state index contributed by atoms with van der Waals surface area (Å²) in [5, 5.41) is 12.3. The van der Waals surface area contributed by atoms with Crippen LogP contribution < -0.4 is 144 Å². The standard InChI is InChI=1S/C35H28N6O16S4.4Na/c1-2-57-27-12-7-23(17-28(27)59(48,49)50)39-41-32-30(61(54,55)56)16-19-14-22(6-11-26(19)34(32)43)37-35(44)36-21-5-10-25-18(13-21)15-29(60(51,52)53)31(33(25)42)40-38-20-3-8-24(9-4-20)58(45,46)47;;;;/h3-17,38-39H,2H2,1H3,(H2,36,37,44)(H,45,46,47)(H,48,49,50)(H,51,52,53)(H,54,55,56);;;;/q;4*+1/p-4/b40-31+,41-32+;;;;. The summed E-state index contributed by atoms with van der Waals surface area (Å²) in [4.78, 5) is 36.3. The molecule has 4 aromatic rings. The zero-order chi connectivity index (χ0) is 44.7.